The third-order valence-corrected chi connectivity index (χ3v) is 5.63. The van der Waals surface area contributed by atoms with Gasteiger partial charge in [-0.05, 0) is 23.8 Å². The molecule has 0 bridgehead atoms. The van der Waals surface area contributed by atoms with Crippen molar-refractivity contribution in [1.29, 1.82) is 0 Å². The van der Waals surface area contributed by atoms with Gasteiger partial charge in [-0.3, -0.25) is 24.2 Å². The van der Waals surface area contributed by atoms with Crippen molar-refractivity contribution in [1.82, 2.24) is 20.1 Å². The maximum Gasteiger partial charge on any atom is 0.324 e. The SMILES string of the molecule is O=C1NC(Cc2c[nH]c3ccccc23)C(=O)N1CCN1C(=O)c2ccccc2C1=O. The second-order valence-corrected chi connectivity index (χ2v) is 7.36. The molecule has 0 spiro atoms. The average molecular weight is 402 g/mol. The van der Waals surface area contributed by atoms with E-state index in [2.05, 4.69) is 10.3 Å². The summed E-state index contributed by atoms with van der Waals surface area (Å²) in [5.74, 6) is -1.17. The van der Waals surface area contributed by atoms with Crippen molar-refractivity contribution in [2.75, 3.05) is 13.1 Å². The van der Waals surface area contributed by atoms with Gasteiger partial charge in [0.25, 0.3) is 17.7 Å². The second-order valence-electron chi connectivity index (χ2n) is 7.36. The summed E-state index contributed by atoms with van der Waals surface area (Å²) in [5.41, 5.74) is 2.59. The smallest absolute Gasteiger partial charge is 0.324 e. The molecule has 1 unspecified atom stereocenters. The van der Waals surface area contributed by atoms with Gasteiger partial charge in [-0.2, -0.15) is 0 Å². The van der Waals surface area contributed by atoms with E-state index >= 15 is 0 Å². The van der Waals surface area contributed by atoms with Crippen molar-refractivity contribution in [2.24, 2.45) is 0 Å². The number of imide groups is 2. The summed E-state index contributed by atoms with van der Waals surface area (Å²) in [6, 6.07) is 13.1. The Morgan fingerprint density at radius 3 is 2.17 bits per heavy atom. The van der Waals surface area contributed by atoms with Crippen molar-refractivity contribution in [2.45, 2.75) is 12.5 Å². The number of nitrogens with one attached hydrogen (secondary N) is 2. The second kappa shape index (κ2) is 6.84. The molecule has 0 saturated carbocycles. The number of aromatic amines is 1. The van der Waals surface area contributed by atoms with Crippen LogP contribution in [0.1, 0.15) is 26.3 Å². The van der Waals surface area contributed by atoms with Crippen molar-refractivity contribution >= 4 is 34.7 Å². The molecule has 2 aromatic carbocycles. The Hall–Kier alpha value is -3.94. The molecule has 2 aliphatic heterocycles. The fraction of sp³-hybridized carbons (Fsp3) is 0.182. The third-order valence-electron chi connectivity index (χ3n) is 5.63. The Morgan fingerprint density at radius 2 is 1.43 bits per heavy atom. The van der Waals surface area contributed by atoms with E-state index in [0.29, 0.717) is 17.5 Å². The molecular formula is C22H18N4O4. The molecule has 8 nitrogen and oxygen atoms in total. The number of hydrogen-bond acceptors (Lipinski definition) is 4. The van der Waals surface area contributed by atoms with Crippen LogP contribution < -0.4 is 5.32 Å². The molecule has 0 aliphatic carbocycles. The Labute approximate surface area is 171 Å². The van der Waals surface area contributed by atoms with Crippen LogP contribution in [-0.2, 0) is 11.2 Å². The van der Waals surface area contributed by atoms with Crippen LogP contribution in [-0.4, -0.2) is 57.7 Å². The first-order chi connectivity index (χ1) is 14.5. The summed E-state index contributed by atoms with van der Waals surface area (Å²) in [4.78, 5) is 55.4. The minimum absolute atomic E-state index is 0.0364. The Kier molecular flexibility index (Phi) is 4.13. The van der Waals surface area contributed by atoms with Crippen LogP contribution in [0.3, 0.4) is 0 Å². The standard InChI is InChI=1S/C22H18N4O4/c27-19-15-6-1-2-7-16(15)20(28)25(19)9-10-26-21(29)18(24-22(26)30)11-13-12-23-17-8-4-3-5-14(13)17/h1-8,12,18,23H,9-11H2,(H,24,30). The number of urea groups is 1. The van der Waals surface area contributed by atoms with Crippen LogP contribution in [0.4, 0.5) is 4.79 Å². The van der Waals surface area contributed by atoms with E-state index in [1.54, 1.807) is 24.3 Å². The van der Waals surface area contributed by atoms with Gasteiger partial charge in [-0.25, -0.2) is 4.79 Å². The number of carbonyl (C=O) groups is 4. The molecule has 3 heterocycles. The lowest BCUT2D eigenvalue weighted by Gasteiger charge is -2.18. The lowest BCUT2D eigenvalue weighted by atomic mass is 10.1. The van der Waals surface area contributed by atoms with E-state index in [-0.39, 0.29) is 19.0 Å². The first kappa shape index (κ1) is 18.1. The maximum atomic E-state index is 12.8. The number of amides is 5. The zero-order valence-corrected chi connectivity index (χ0v) is 15.9. The van der Waals surface area contributed by atoms with E-state index in [1.807, 2.05) is 30.5 Å². The molecule has 1 aromatic heterocycles. The minimum Gasteiger partial charge on any atom is -0.361 e. The zero-order chi connectivity index (χ0) is 20.8. The molecule has 5 amide bonds. The monoisotopic (exact) mass is 402 g/mol. The molecule has 8 heteroatoms. The normalized spacial score (nSPS) is 18.5. The largest absolute Gasteiger partial charge is 0.361 e. The highest BCUT2D eigenvalue weighted by molar-refractivity contribution is 6.21. The van der Waals surface area contributed by atoms with E-state index in [0.717, 1.165) is 26.3 Å². The van der Waals surface area contributed by atoms with Gasteiger partial charge in [0, 0.05) is 36.6 Å². The molecule has 5 rings (SSSR count). The van der Waals surface area contributed by atoms with Crippen LogP contribution in [0.15, 0.2) is 54.7 Å². The quantitative estimate of drug-likeness (QED) is 0.503. The van der Waals surface area contributed by atoms with Gasteiger partial charge in [0.15, 0.2) is 0 Å². The number of H-pyrrole nitrogens is 1. The topological polar surface area (TPSA) is 103 Å². The lowest BCUT2D eigenvalue weighted by Crippen LogP contribution is -2.41. The van der Waals surface area contributed by atoms with Gasteiger partial charge in [-0.1, -0.05) is 30.3 Å². The fourth-order valence-electron chi connectivity index (χ4n) is 4.09. The number of para-hydroxylation sites is 1. The maximum absolute atomic E-state index is 12.8. The van der Waals surface area contributed by atoms with Gasteiger partial charge in [0.2, 0.25) is 0 Å². The molecule has 2 aliphatic rings. The number of carbonyl (C=O) groups excluding carboxylic acids is 4. The molecule has 3 aromatic rings. The van der Waals surface area contributed by atoms with E-state index in [9.17, 15) is 19.2 Å². The highest BCUT2D eigenvalue weighted by Gasteiger charge is 2.40. The van der Waals surface area contributed by atoms with Crippen molar-refractivity contribution in [3.8, 4) is 0 Å². The summed E-state index contributed by atoms with van der Waals surface area (Å²) in [6.45, 7) is -0.0775. The van der Waals surface area contributed by atoms with Gasteiger partial charge in [0.05, 0.1) is 11.1 Å². The molecule has 1 saturated heterocycles. The number of rotatable bonds is 5. The number of aromatic nitrogens is 1. The zero-order valence-electron chi connectivity index (χ0n) is 15.9. The van der Waals surface area contributed by atoms with Crippen molar-refractivity contribution in [3.63, 3.8) is 0 Å². The summed E-state index contributed by atoms with van der Waals surface area (Å²) < 4.78 is 0. The number of hydrogen-bond donors (Lipinski definition) is 2. The summed E-state index contributed by atoms with van der Waals surface area (Å²) in [7, 11) is 0. The molecule has 0 radical (unpaired) electrons. The molecule has 2 N–H and O–H groups in total. The van der Waals surface area contributed by atoms with Gasteiger partial charge in [0.1, 0.15) is 6.04 Å². The molecule has 1 fully saturated rings. The molecule has 30 heavy (non-hydrogen) atoms. The Morgan fingerprint density at radius 1 is 0.800 bits per heavy atom. The van der Waals surface area contributed by atoms with Gasteiger partial charge < -0.3 is 10.3 Å². The molecule has 1 atom stereocenters. The van der Waals surface area contributed by atoms with Gasteiger partial charge >= 0.3 is 6.03 Å². The molecule has 150 valence electrons. The summed E-state index contributed by atoms with van der Waals surface area (Å²) >= 11 is 0. The number of fused-ring (bicyclic) bond motifs is 2. The van der Waals surface area contributed by atoms with Crippen LogP contribution in [0.25, 0.3) is 10.9 Å². The fourth-order valence-corrected chi connectivity index (χ4v) is 4.09. The van der Waals surface area contributed by atoms with Crippen molar-refractivity contribution in [3.05, 3.63) is 71.4 Å². The van der Waals surface area contributed by atoms with Crippen LogP contribution in [0.5, 0.6) is 0 Å². The van der Waals surface area contributed by atoms with E-state index in [1.165, 1.54) is 0 Å². The Balaban J connectivity index is 1.27. The van der Waals surface area contributed by atoms with E-state index in [4.69, 9.17) is 0 Å². The first-order valence-electron chi connectivity index (χ1n) is 9.66. The predicted molar refractivity (Wildman–Crippen MR) is 108 cm³/mol. The number of benzene rings is 2. The highest BCUT2D eigenvalue weighted by atomic mass is 16.2. The summed E-state index contributed by atoms with van der Waals surface area (Å²) in [6.07, 6.45) is 2.20. The minimum atomic E-state index is -0.682. The van der Waals surface area contributed by atoms with Crippen LogP contribution in [0.2, 0.25) is 0 Å². The molecular weight excluding hydrogens is 384 g/mol. The highest BCUT2D eigenvalue weighted by Crippen LogP contribution is 2.23. The average Bonchev–Trinajstić information content (AvgIpc) is 3.36. The van der Waals surface area contributed by atoms with Crippen molar-refractivity contribution < 1.29 is 19.2 Å². The first-order valence-corrected chi connectivity index (χ1v) is 9.66. The summed E-state index contributed by atoms with van der Waals surface area (Å²) in [5, 5.41) is 3.71. The third kappa shape index (κ3) is 2.76. The van der Waals surface area contributed by atoms with E-state index < -0.39 is 23.9 Å². The van der Waals surface area contributed by atoms with Gasteiger partial charge in [-0.15, -0.1) is 0 Å². The number of nitrogens with zero attached hydrogens (tertiary/aromatic N) is 2. The predicted octanol–water partition coefficient (Wildman–Crippen LogP) is 1.93. The van der Waals surface area contributed by atoms with Crippen LogP contribution >= 0.6 is 0 Å². The Bertz CT molecular complexity index is 1180. The lowest BCUT2D eigenvalue weighted by molar-refractivity contribution is -0.127. The van der Waals surface area contributed by atoms with Crippen LogP contribution in [0, 0.1) is 0 Å².